The fraction of sp³-hybridized carbons (Fsp3) is 0.500. The molecule has 2 rings (SSSR count). The van der Waals surface area contributed by atoms with Crippen molar-refractivity contribution in [2.24, 2.45) is 5.73 Å². The van der Waals surface area contributed by atoms with E-state index in [1.165, 1.54) is 6.07 Å². The Hall–Kier alpha value is -1.86. The molecule has 0 bridgehead atoms. The lowest BCUT2D eigenvalue weighted by Crippen LogP contribution is -2.40. The maximum absolute atomic E-state index is 12.3. The summed E-state index contributed by atoms with van der Waals surface area (Å²) in [5.41, 5.74) is 12.1. The van der Waals surface area contributed by atoms with Crippen LogP contribution in [-0.2, 0) is 0 Å². The highest BCUT2D eigenvalue weighted by Gasteiger charge is 2.24. The molecule has 1 aliphatic rings. The Labute approximate surface area is 135 Å². The number of benzene rings is 1. The first-order valence-electron chi connectivity index (χ1n) is 6.99. The molecule has 1 aliphatic carbocycles. The largest absolute Gasteiger partial charge is 0.393 e. The van der Waals surface area contributed by atoms with E-state index in [0.717, 1.165) is 25.7 Å². The van der Waals surface area contributed by atoms with Crippen molar-refractivity contribution in [2.75, 3.05) is 5.73 Å². The third kappa shape index (κ3) is 4.08. The number of nitrogens with two attached hydrogens (primary N) is 2. The summed E-state index contributed by atoms with van der Waals surface area (Å²) in [4.78, 5) is 22.7. The summed E-state index contributed by atoms with van der Waals surface area (Å²) in [5.74, 6) is -0.361. The number of hydrogen-bond donors (Lipinski definition) is 3. The van der Waals surface area contributed by atoms with E-state index in [4.69, 9.17) is 11.5 Å². The standard InChI is InChI=1S/C14H20N4O3.ClH/c1-8-6-11(13(16)12(7-8)18(20)21)14(19)17-10-4-2-9(15)3-5-10;/h6-7,9-10H,2-5,15-16H2,1H3,(H,17,19);1H. The van der Waals surface area contributed by atoms with Gasteiger partial charge in [0.2, 0.25) is 0 Å². The molecule has 22 heavy (non-hydrogen) atoms. The summed E-state index contributed by atoms with van der Waals surface area (Å²) >= 11 is 0. The van der Waals surface area contributed by atoms with Gasteiger partial charge < -0.3 is 16.8 Å². The van der Waals surface area contributed by atoms with Crippen LogP contribution in [0.25, 0.3) is 0 Å². The highest BCUT2D eigenvalue weighted by atomic mass is 35.5. The Morgan fingerprint density at radius 3 is 2.45 bits per heavy atom. The molecule has 122 valence electrons. The highest BCUT2D eigenvalue weighted by Crippen LogP contribution is 2.27. The molecule has 1 saturated carbocycles. The van der Waals surface area contributed by atoms with Gasteiger partial charge in [0.1, 0.15) is 5.69 Å². The van der Waals surface area contributed by atoms with Crippen molar-refractivity contribution < 1.29 is 9.72 Å². The minimum absolute atomic E-state index is 0. The SMILES string of the molecule is Cc1cc(C(=O)NC2CCC(N)CC2)c(N)c([N+](=O)[O-])c1.Cl. The van der Waals surface area contributed by atoms with Gasteiger partial charge in [0.15, 0.2) is 0 Å². The molecule has 0 spiro atoms. The van der Waals surface area contributed by atoms with Crippen LogP contribution in [0.1, 0.15) is 41.6 Å². The molecule has 1 amide bonds. The first kappa shape index (κ1) is 18.2. The maximum Gasteiger partial charge on any atom is 0.293 e. The summed E-state index contributed by atoms with van der Waals surface area (Å²) in [6.45, 7) is 1.70. The first-order valence-corrected chi connectivity index (χ1v) is 6.99. The normalized spacial score (nSPS) is 20.8. The zero-order valence-corrected chi connectivity index (χ0v) is 13.2. The number of nitro groups is 1. The lowest BCUT2D eigenvalue weighted by Gasteiger charge is -2.27. The molecule has 0 saturated heterocycles. The van der Waals surface area contributed by atoms with Crippen LogP contribution in [-0.4, -0.2) is 22.9 Å². The van der Waals surface area contributed by atoms with Crippen molar-refractivity contribution in [1.82, 2.24) is 5.32 Å². The zero-order chi connectivity index (χ0) is 15.6. The predicted octanol–water partition coefficient (Wildman–Crippen LogP) is 1.91. The third-order valence-corrected chi connectivity index (χ3v) is 3.85. The Balaban J connectivity index is 0.00000242. The fourth-order valence-electron chi connectivity index (χ4n) is 2.64. The molecule has 1 fully saturated rings. The van der Waals surface area contributed by atoms with Crippen molar-refractivity contribution in [3.8, 4) is 0 Å². The number of aryl methyl sites for hydroxylation is 1. The number of nitrogen functional groups attached to an aromatic ring is 1. The van der Waals surface area contributed by atoms with Gasteiger partial charge in [0.25, 0.3) is 11.6 Å². The van der Waals surface area contributed by atoms with E-state index in [9.17, 15) is 14.9 Å². The van der Waals surface area contributed by atoms with Gasteiger partial charge in [0, 0.05) is 18.2 Å². The van der Waals surface area contributed by atoms with Gasteiger partial charge >= 0.3 is 0 Å². The van der Waals surface area contributed by atoms with E-state index in [2.05, 4.69) is 5.32 Å². The second kappa shape index (κ2) is 7.42. The monoisotopic (exact) mass is 328 g/mol. The van der Waals surface area contributed by atoms with Crippen LogP contribution in [0, 0.1) is 17.0 Å². The van der Waals surface area contributed by atoms with Crippen LogP contribution >= 0.6 is 12.4 Å². The number of nitrogens with one attached hydrogen (secondary N) is 1. The van der Waals surface area contributed by atoms with Gasteiger partial charge in [0.05, 0.1) is 10.5 Å². The molecule has 0 unspecified atom stereocenters. The van der Waals surface area contributed by atoms with Crippen LogP contribution in [0.2, 0.25) is 0 Å². The van der Waals surface area contributed by atoms with Crippen LogP contribution < -0.4 is 16.8 Å². The predicted molar refractivity (Wildman–Crippen MR) is 87.2 cm³/mol. The van der Waals surface area contributed by atoms with Gasteiger partial charge in [-0.2, -0.15) is 0 Å². The Morgan fingerprint density at radius 1 is 1.32 bits per heavy atom. The summed E-state index contributed by atoms with van der Waals surface area (Å²) in [6, 6.07) is 3.19. The number of anilines is 1. The van der Waals surface area contributed by atoms with Crippen molar-refractivity contribution in [2.45, 2.75) is 44.7 Å². The Morgan fingerprint density at radius 2 is 1.91 bits per heavy atom. The smallest absolute Gasteiger partial charge is 0.293 e. The van der Waals surface area contributed by atoms with Crippen molar-refractivity contribution in [1.29, 1.82) is 0 Å². The summed E-state index contributed by atoms with van der Waals surface area (Å²) in [5, 5.41) is 13.8. The quantitative estimate of drug-likeness (QED) is 0.444. The molecule has 1 aromatic rings. The number of carbonyl (C=O) groups is 1. The summed E-state index contributed by atoms with van der Waals surface area (Å²) in [6.07, 6.45) is 3.38. The lowest BCUT2D eigenvalue weighted by molar-refractivity contribution is -0.384. The van der Waals surface area contributed by atoms with Gasteiger partial charge in [-0.05, 0) is 44.2 Å². The van der Waals surface area contributed by atoms with Crippen LogP contribution in [0.15, 0.2) is 12.1 Å². The molecule has 0 radical (unpaired) electrons. The van der Waals surface area contributed by atoms with Crippen molar-refractivity contribution in [3.05, 3.63) is 33.4 Å². The number of rotatable bonds is 3. The maximum atomic E-state index is 12.3. The van der Waals surface area contributed by atoms with Crippen molar-refractivity contribution in [3.63, 3.8) is 0 Å². The molecular weight excluding hydrogens is 308 g/mol. The van der Waals surface area contributed by atoms with Gasteiger partial charge in [-0.3, -0.25) is 14.9 Å². The molecule has 0 aliphatic heterocycles. The van der Waals surface area contributed by atoms with E-state index in [0.29, 0.717) is 5.56 Å². The van der Waals surface area contributed by atoms with Crippen molar-refractivity contribution >= 4 is 29.7 Å². The molecule has 5 N–H and O–H groups in total. The summed E-state index contributed by atoms with van der Waals surface area (Å²) in [7, 11) is 0. The number of amides is 1. The third-order valence-electron chi connectivity index (χ3n) is 3.85. The Bertz CT molecular complexity index is 571. The molecule has 7 nitrogen and oxygen atoms in total. The van der Waals surface area contributed by atoms with E-state index in [1.54, 1.807) is 13.0 Å². The number of halogens is 1. The van der Waals surface area contributed by atoms with E-state index in [-0.39, 0.29) is 47.3 Å². The molecule has 0 atom stereocenters. The van der Waals surface area contributed by atoms with Crippen LogP contribution in [0.3, 0.4) is 0 Å². The lowest BCUT2D eigenvalue weighted by atomic mass is 9.91. The second-order valence-corrected chi connectivity index (χ2v) is 5.59. The minimum Gasteiger partial charge on any atom is -0.393 e. The number of hydrogen-bond acceptors (Lipinski definition) is 5. The molecule has 0 heterocycles. The summed E-state index contributed by atoms with van der Waals surface area (Å²) < 4.78 is 0. The van der Waals surface area contributed by atoms with Crippen LogP contribution in [0.5, 0.6) is 0 Å². The van der Waals surface area contributed by atoms with E-state index >= 15 is 0 Å². The first-order chi connectivity index (χ1) is 9.88. The number of nitrogens with zero attached hydrogens (tertiary/aromatic N) is 1. The van der Waals surface area contributed by atoms with Gasteiger partial charge in [-0.25, -0.2) is 0 Å². The van der Waals surface area contributed by atoms with Gasteiger partial charge in [-0.15, -0.1) is 12.4 Å². The molecule has 0 aromatic heterocycles. The minimum atomic E-state index is -0.571. The number of carbonyl (C=O) groups excluding carboxylic acids is 1. The Kier molecular flexibility index (Phi) is 6.13. The topological polar surface area (TPSA) is 124 Å². The average Bonchev–Trinajstić information content (AvgIpc) is 2.43. The fourth-order valence-corrected chi connectivity index (χ4v) is 2.64. The molecule has 1 aromatic carbocycles. The number of nitro benzene ring substituents is 1. The van der Waals surface area contributed by atoms with Gasteiger partial charge in [-0.1, -0.05) is 0 Å². The van der Waals surface area contributed by atoms with E-state index < -0.39 is 4.92 Å². The van der Waals surface area contributed by atoms with E-state index in [1.807, 2.05) is 0 Å². The van der Waals surface area contributed by atoms with Crippen LogP contribution in [0.4, 0.5) is 11.4 Å². The second-order valence-electron chi connectivity index (χ2n) is 5.59. The average molecular weight is 329 g/mol. The molecule has 8 heteroatoms. The highest BCUT2D eigenvalue weighted by molar-refractivity contribution is 6.01. The molecular formula is C14H21ClN4O3. The zero-order valence-electron chi connectivity index (χ0n) is 12.4.